The van der Waals surface area contributed by atoms with Crippen molar-refractivity contribution in [1.29, 1.82) is 0 Å². The van der Waals surface area contributed by atoms with Crippen LogP contribution < -0.4 is 16.0 Å². The van der Waals surface area contributed by atoms with Crippen LogP contribution in [0.5, 0.6) is 0 Å². The van der Waals surface area contributed by atoms with Crippen LogP contribution in [0, 0.1) is 11.8 Å². The van der Waals surface area contributed by atoms with E-state index in [0.717, 1.165) is 24.0 Å². The fourth-order valence-corrected chi connectivity index (χ4v) is 5.67. The molecule has 228 valence electrons. The second-order valence-corrected chi connectivity index (χ2v) is 11.3. The summed E-state index contributed by atoms with van der Waals surface area (Å²) in [5.74, 6) is -6.26. The Balaban J connectivity index is 1.67. The normalized spacial score (nSPS) is 19.1. The lowest BCUT2D eigenvalue weighted by Gasteiger charge is -2.30. The Bertz CT molecular complexity index is 1330. The maximum Gasteiger partial charge on any atom is 0.389 e. The predicted molar refractivity (Wildman–Crippen MR) is 144 cm³/mol. The summed E-state index contributed by atoms with van der Waals surface area (Å²) < 4.78 is 78.2. The van der Waals surface area contributed by atoms with E-state index in [4.69, 9.17) is 17.3 Å². The fraction of sp³-hybridized carbons (Fsp3) is 0.483. The van der Waals surface area contributed by atoms with Crippen molar-refractivity contribution >= 4 is 40.6 Å². The Morgan fingerprint density at radius 3 is 2.17 bits per heavy atom. The van der Waals surface area contributed by atoms with Gasteiger partial charge in [0.25, 0.3) is 0 Å². The molecule has 1 saturated carbocycles. The van der Waals surface area contributed by atoms with Crippen LogP contribution in [-0.4, -0.2) is 42.5 Å². The van der Waals surface area contributed by atoms with Crippen LogP contribution in [0.15, 0.2) is 42.5 Å². The number of primary amides is 1. The van der Waals surface area contributed by atoms with Gasteiger partial charge in [0.05, 0.1) is 6.54 Å². The zero-order valence-corrected chi connectivity index (χ0v) is 23.2. The molecule has 4 rings (SSSR count). The standard InChI is InChI=1S/C29H30ClF6N3O3/c30-17-3-1-4-18(13-17)39-15-23(25(40)14-22-19(16-7-8-16)5-2-6-24(22)39)38-27(42)21(10-12-29(34,35)36)20(26(37)41)9-11-28(31,32)33/h1-6,13,16,20-21,23H,7-12,14-15H2,(H2,37,41)(H,38,42)/t20-,21+,23-/m0/s1. The molecule has 0 unspecified atom stereocenters. The van der Waals surface area contributed by atoms with Gasteiger partial charge in [-0.15, -0.1) is 0 Å². The molecule has 1 fully saturated rings. The number of carbonyl (C=O) groups is 3. The highest BCUT2D eigenvalue weighted by atomic mass is 35.5. The van der Waals surface area contributed by atoms with E-state index >= 15 is 0 Å². The van der Waals surface area contributed by atoms with Gasteiger partial charge in [0.15, 0.2) is 5.78 Å². The molecular formula is C29H30ClF6N3O3. The molecule has 6 nitrogen and oxygen atoms in total. The van der Waals surface area contributed by atoms with Crippen molar-refractivity contribution in [3.05, 3.63) is 58.6 Å². The van der Waals surface area contributed by atoms with Gasteiger partial charge in [-0.2, -0.15) is 26.3 Å². The minimum Gasteiger partial charge on any atom is -0.369 e. The van der Waals surface area contributed by atoms with Gasteiger partial charge in [0.1, 0.15) is 6.04 Å². The fourth-order valence-electron chi connectivity index (χ4n) is 5.48. The SMILES string of the molecule is NC(=O)[C@@H](CCC(F)(F)F)[C@@H](CCC(F)(F)F)C(=O)N[C@H]1CN(c2cccc(Cl)c2)c2cccc(C3CC3)c2CC1=O. The molecule has 0 saturated heterocycles. The summed E-state index contributed by atoms with van der Waals surface area (Å²) in [5, 5.41) is 2.88. The lowest BCUT2D eigenvalue weighted by Crippen LogP contribution is -2.51. The van der Waals surface area contributed by atoms with Gasteiger partial charge in [0.2, 0.25) is 11.8 Å². The lowest BCUT2D eigenvalue weighted by molar-refractivity contribution is -0.152. The highest BCUT2D eigenvalue weighted by Crippen LogP contribution is 2.45. The van der Waals surface area contributed by atoms with Crippen LogP contribution in [0.25, 0.3) is 0 Å². The van der Waals surface area contributed by atoms with E-state index in [9.17, 15) is 40.7 Å². The first-order valence-electron chi connectivity index (χ1n) is 13.5. The Hall–Kier alpha value is -3.28. The Morgan fingerprint density at radius 2 is 1.60 bits per heavy atom. The molecule has 42 heavy (non-hydrogen) atoms. The van der Waals surface area contributed by atoms with Crippen molar-refractivity contribution in [1.82, 2.24) is 5.32 Å². The largest absolute Gasteiger partial charge is 0.389 e. The number of halogens is 7. The highest BCUT2D eigenvalue weighted by Gasteiger charge is 2.41. The van der Waals surface area contributed by atoms with E-state index in [1.54, 1.807) is 29.2 Å². The lowest BCUT2D eigenvalue weighted by atomic mass is 9.83. The average Bonchev–Trinajstić information content (AvgIpc) is 3.73. The number of fused-ring (bicyclic) bond motifs is 1. The zero-order valence-electron chi connectivity index (χ0n) is 22.4. The first kappa shape index (κ1) is 31.7. The van der Waals surface area contributed by atoms with Crippen LogP contribution in [0.2, 0.25) is 5.02 Å². The third-order valence-corrected chi connectivity index (χ3v) is 7.94. The topological polar surface area (TPSA) is 92.5 Å². The number of hydrogen-bond acceptors (Lipinski definition) is 4. The van der Waals surface area contributed by atoms with Crippen molar-refractivity contribution in [2.24, 2.45) is 17.6 Å². The molecule has 2 aromatic carbocycles. The van der Waals surface area contributed by atoms with Crippen molar-refractivity contribution in [3.8, 4) is 0 Å². The molecule has 3 N–H and O–H groups in total. The molecule has 1 aliphatic heterocycles. The number of carbonyl (C=O) groups excluding carboxylic acids is 3. The third-order valence-electron chi connectivity index (χ3n) is 7.70. The molecule has 2 amide bonds. The van der Waals surface area contributed by atoms with E-state index in [-0.39, 0.29) is 18.9 Å². The average molecular weight is 618 g/mol. The van der Waals surface area contributed by atoms with E-state index < -0.39 is 73.5 Å². The summed E-state index contributed by atoms with van der Waals surface area (Å²) in [6.45, 7) is -0.123. The molecule has 0 radical (unpaired) electrons. The number of benzene rings is 2. The van der Waals surface area contributed by atoms with Crippen LogP contribution in [0.1, 0.15) is 55.6 Å². The number of amides is 2. The molecule has 1 aliphatic carbocycles. The molecule has 1 heterocycles. The van der Waals surface area contributed by atoms with Crippen molar-refractivity contribution in [2.75, 3.05) is 11.4 Å². The Morgan fingerprint density at radius 1 is 0.976 bits per heavy atom. The van der Waals surface area contributed by atoms with Gasteiger partial charge in [-0.3, -0.25) is 14.4 Å². The van der Waals surface area contributed by atoms with Crippen LogP contribution in [-0.2, 0) is 20.8 Å². The molecule has 2 aromatic rings. The molecule has 0 aromatic heterocycles. The number of anilines is 2. The van der Waals surface area contributed by atoms with Gasteiger partial charge in [0, 0.05) is 47.5 Å². The molecular weight excluding hydrogens is 588 g/mol. The van der Waals surface area contributed by atoms with E-state index in [1.807, 2.05) is 18.2 Å². The number of hydrogen-bond donors (Lipinski definition) is 2. The van der Waals surface area contributed by atoms with Crippen molar-refractivity contribution < 1.29 is 40.7 Å². The third kappa shape index (κ3) is 8.17. The van der Waals surface area contributed by atoms with Gasteiger partial charge >= 0.3 is 12.4 Å². The number of alkyl halides is 6. The van der Waals surface area contributed by atoms with Crippen LogP contribution in [0.4, 0.5) is 37.7 Å². The van der Waals surface area contributed by atoms with Gasteiger partial charge in [-0.05, 0) is 67.0 Å². The second-order valence-electron chi connectivity index (χ2n) is 10.8. The minimum atomic E-state index is -4.74. The maximum atomic E-state index is 13.6. The van der Waals surface area contributed by atoms with Gasteiger partial charge < -0.3 is 16.0 Å². The minimum absolute atomic E-state index is 0.0788. The van der Waals surface area contributed by atoms with Gasteiger partial charge in [-0.1, -0.05) is 29.8 Å². The summed E-state index contributed by atoms with van der Waals surface area (Å²) in [6, 6.07) is 11.1. The number of nitrogens with two attached hydrogens (primary N) is 1. The van der Waals surface area contributed by atoms with Crippen molar-refractivity contribution in [3.63, 3.8) is 0 Å². The summed E-state index contributed by atoms with van der Waals surface area (Å²) in [4.78, 5) is 40.9. The smallest absolute Gasteiger partial charge is 0.369 e. The summed E-state index contributed by atoms with van der Waals surface area (Å²) in [6.07, 6.45) is -12.6. The quantitative estimate of drug-likeness (QED) is 0.303. The summed E-state index contributed by atoms with van der Waals surface area (Å²) in [7, 11) is 0. The second kappa shape index (κ2) is 12.5. The van der Waals surface area contributed by atoms with Gasteiger partial charge in [-0.25, -0.2) is 0 Å². The molecule has 2 aliphatic rings. The monoisotopic (exact) mass is 617 g/mol. The number of ketones is 1. The molecule has 13 heteroatoms. The summed E-state index contributed by atoms with van der Waals surface area (Å²) in [5.41, 5.74) is 8.35. The van der Waals surface area contributed by atoms with Crippen molar-refractivity contribution in [2.45, 2.75) is 69.3 Å². The first-order valence-corrected chi connectivity index (χ1v) is 13.9. The number of nitrogens with zero attached hydrogens (tertiary/aromatic N) is 1. The molecule has 0 bridgehead atoms. The predicted octanol–water partition coefficient (Wildman–Crippen LogP) is 6.37. The van der Waals surface area contributed by atoms with E-state index in [1.165, 1.54) is 0 Å². The van der Waals surface area contributed by atoms with E-state index in [0.29, 0.717) is 16.4 Å². The van der Waals surface area contributed by atoms with Crippen LogP contribution >= 0.6 is 11.6 Å². The Labute approximate surface area is 243 Å². The number of rotatable bonds is 10. The number of nitrogens with one attached hydrogen (secondary N) is 1. The summed E-state index contributed by atoms with van der Waals surface area (Å²) >= 11 is 6.23. The highest BCUT2D eigenvalue weighted by molar-refractivity contribution is 6.30. The number of Topliss-reactive ketones (excluding diaryl/α,β-unsaturated/α-hetero) is 1. The van der Waals surface area contributed by atoms with E-state index in [2.05, 4.69) is 5.32 Å². The molecule has 0 spiro atoms. The maximum absolute atomic E-state index is 13.6. The Kier molecular flexibility index (Phi) is 9.44. The van der Waals surface area contributed by atoms with Crippen LogP contribution in [0.3, 0.4) is 0 Å². The molecule has 3 atom stereocenters. The first-order chi connectivity index (χ1) is 19.6. The zero-order chi connectivity index (χ0) is 30.8.